The van der Waals surface area contributed by atoms with E-state index in [2.05, 4.69) is 27.6 Å². The molecule has 0 saturated carbocycles. The fraction of sp³-hybridized carbons (Fsp3) is 0.429. The summed E-state index contributed by atoms with van der Waals surface area (Å²) < 4.78 is 0. The second-order valence-electron chi connectivity index (χ2n) is 4.89. The number of rotatable bonds is 3. The van der Waals surface area contributed by atoms with Gasteiger partial charge in [0.1, 0.15) is 0 Å². The van der Waals surface area contributed by atoms with Gasteiger partial charge in [-0.15, -0.1) is 0 Å². The SMILES string of the molecule is CNc1nc2ccccc2nc1N(C)[C@H]1CCNC1. The maximum absolute atomic E-state index is 4.76. The molecular weight excluding hydrogens is 238 g/mol. The van der Waals surface area contributed by atoms with Gasteiger partial charge in [-0.3, -0.25) is 0 Å². The fourth-order valence-electron chi connectivity index (χ4n) is 2.55. The molecule has 2 aromatic rings. The highest BCUT2D eigenvalue weighted by Gasteiger charge is 2.23. The van der Waals surface area contributed by atoms with Crippen molar-refractivity contribution in [3.05, 3.63) is 24.3 Å². The van der Waals surface area contributed by atoms with Crippen molar-refractivity contribution in [1.29, 1.82) is 0 Å². The van der Waals surface area contributed by atoms with E-state index in [0.29, 0.717) is 6.04 Å². The zero-order chi connectivity index (χ0) is 13.2. The first-order valence-corrected chi connectivity index (χ1v) is 6.67. The van der Waals surface area contributed by atoms with Crippen LogP contribution in [-0.2, 0) is 0 Å². The molecule has 0 unspecified atom stereocenters. The quantitative estimate of drug-likeness (QED) is 0.872. The summed E-state index contributed by atoms with van der Waals surface area (Å²) in [6.07, 6.45) is 1.15. The van der Waals surface area contributed by atoms with E-state index in [1.807, 2.05) is 31.3 Å². The van der Waals surface area contributed by atoms with Crippen molar-refractivity contribution in [2.45, 2.75) is 12.5 Å². The third-order valence-electron chi connectivity index (χ3n) is 3.71. The second kappa shape index (κ2) is 5.01. The van der Waals surface area contributed by atoms with Crippen LogP contribution in [0.5, 0.6) is 0 Å². The van der Waals surface area contributed by atoms with Crippen LogP contribution in [0, 0.1) is 0 Å². The van der Waals surface area contributed by atoms with Crippen molar-refractivity contribution in [2.75, 3.05) is 37.4 Å². The van der Waals surface area contributed by atoms with Gasteiger partial charge in [-0.25, -0.2) is 9.97 Å². The maximum atomic E-state index is 4.76. The lowest BCUT2D eigenvalue weighted by atomic mass is 10.2. The van der Waals surface area contributed by atoms with Crippen LogP contribution in [0.4, 0.5) is 11.6 Å². The number of para-hydroxylation sites is 2. The molecule has 0 aliphatic carbocycles. The molecule has 1 fully saturated rings. The third kappa shape index (κ3) is 2.21. The molecular formula is C14H19N5. The summed E-state index contributed by atoms with van der Waals surface area (Å²) >= 11 is 0. The molecule has 5 nitrogen and oxygen atoms in total. The van der Waals surface area contributed by atoms with Gasteiger partial charge in [0.25, 0.3) is 0 Å². The van der Waals surface area contributed by atoms with E-state index >= 15 is 0 Å². The van der Waals surface area contributed by atoms with E-state index in [-0.39, 0.29) is 0 Å². The first-order valence-electron chi connectivity index (χ1n) is 6.67. The Morgan fingerprint density at radius 3 is 2.63 bits per heavy atom. The molecule has 1 aliphatic heterocycles. The van der Waals surface area contributed by atoms with Gasteiger partial charge >= 0.3 is 0 Å². The highest BCUT2D eigenvalue weighted by Crippen LogP contribution is 2.26. The number of nitrogens with one attached hydrogen (secondary N) is 2. The number of aromatic nitrogens is 2. The molecule has 1 aromatic heterocycles. The normalized spacial score (nSPS) is 18.7. The third-order valence-corrected chi connectivity index (χ3v) is 3.71. The average molecular weight is 257 g/mol. The van der Waals surface area contributed by atoms with Crippen molar-refractivity contribution < 1.29 is 0 Å². The first kappa shape index (κ1) is 12.2. The van der Waals surface area contributed by atoms with E-state index in [1.165, 1.54) is 0 Å². The predicted molar refractivity (Wildman–Crippen MR) is 78.8 cm³/mol. The second-order valence-corrected chi connectivity index (χ2v) is 4.89. The monoisotopic (exact) mass is 257 g/mol. The van der Waals surface area contributed by atoms with Gasteiger partial charge < -0.3 is 15.5 Å². The molecule has 0 bridgehead atoms. The number of fused-ring (bicyclic) bond motifs is 1. The van der Waals surface area contributed by atoms with Crippen LogP contribution in [0.3, 0.4) is 0 Å². The highest BCUT2D eigenvalue weighted by molar-refractivity contribution is 5.80. The Kier molecular flexibility index (Phi) is 3.21. The van der Waals surface area contributed by atoms with Gasteiger partial charge in [-0.05, 0) is 25.1 Å². The van der Waals surface area contributed by atoms with Crippen molar-refractivity contribution in [2.24, 2.45) is 0 Å². The fourth-order valence-corrected chi connectivity index (χ4v) is 2.55. The van der Waals surface area contributed by atoms with Crippen LogP contribution in [0.15, 0.2) is 24.3 Å². The average Bonchev–Trinajstić information content (AvgIpc) is 2.99. The van der Waals surface area contributed by atoms with Crippen molar-refractivity contribution in [3.8, 4) is 0 Å². The molecule has 2 heterocycles. The standard InChI is InChI=1S/C14H19N5/c1-15-13-14(19(2)10-7-8-16-9-10)18-12-6-4-3-5-11(12)17-13/h3-6,10,16H,7-9H2,1-2H3,(H,15,17)/t10-/m0/s1. The number of hydrogen-bond acceptors (Lipinski definition) is 5. The molecule has 1 atom stereocenters. The Hall–Kier alpha value is -1.88. The Balaban J connectivity index is 2.05. The van der Waals surface area contributed by atoms with Crippen LogP contribution in [0.25, 0.3) is 11.0 Å². The lowest BCUT2D eigenvalue weighted by Gasteiger charge is -2.26. The summed E-state index contributed by atoms with van der Waals surface area (Å²) in [5.74, 6) is 1.77. The van der Waals surface area contributed by atoms with Gasteiger partial charge in [0.15, 0.2) is 11.6 Å². The lowest BCUT2D eigenvalue weighted by Crippen LogP contribution is -2.34. The van der Waals surface area contributed by atoms with Gasteiger partial charge in [0.2, 0.25) is 0 Å². The summed E-state index contributed by atoms with van der Waals surface area (Å²) in [6, 6.07) is 8.47. The minimum atomic E-state index is 0.488. The molecule has 2 N–H and O–H groups in total. The van der Waals surface area contributed by atoms with Gasteiger partial charge in [0, 0.05) is 26.7 Å². The summed E-state index contributed by atoms with van der Waals surface area (Å²) in [7, 11) is 3.99. The molecule has 1 aliphatic rings. The van der Waals surface area contributed by atoms with E-state index in [1.54, 1.807) is 0 Å². The summed E-state index contributed by atoms with van der Waals surface area (Å²) in [5.41, 5.74) is 1.86. The number of benzene rings is 1. The molecule has 0 radical (unpaired) electrons. The summed E-state index contributed by atoms with van der Waals surface area (Å²) in [5, 5.41) is 6.54. The zero-order valence-electron chi connectivity index (χ0n) is 11.3. The van der Waals surface area contributed by atoms with Gasteiger partial charge in [0.05, 0.1) is 11.0 Å². The largest absolute Gasteiger partial charge is 0.370 e. The van der Waals surface area contributed by atoms with Crippen LogP contribution in [-0.4, -0.2) is 43.2 Å². The maximum Gasteiger partial charge on any atom is 0.172 e. The smallest absolute Gasteiger partial charge is 0.172 e. The molecule has 19 heavy (non-hydrogen) atoms. The first-order chi connectivity index (χ1) is 9.29. The number of hydrogen-bond donors (Lipinski definition) is 2. The van der Waals surface area contributed by atoms with Crippen LogP contribution in [0.1, 0.15) is 6.42 Å². The van der Waals surface area contributed by atoms with Crippen molar-refractivity contribution in [3.63, 3.8) is 0 Å². The molecule has 1 saturated heterocycles. The lowest BCUT2D eigenvalue weighted by molar-refractivity contribution is 0.678. The van der Waals surface area contributed by atoms with E-state index in [4.69, 9.17) is 4.98 Å². The number of anilines is 2. The highest BCUT2D eigenvalue weighted by atomic mass is 15.2. The molecule has 1 aromatic carbocycles. The van der Waals surface area contributed by atoms with Crippen molar-refractivity contribution >= 4 is 22.7 Å². The Morgan fingerprint density at radius 1 is 1.26 bits per heavy atom. The molecule has 3 rings (SSSR count). The Bertz CT molecular complexity index is 577. The molecule has 5 heteroatoms. The van der Waals surface area contributed by atoms with Crippen molar-refractivity contribution in [1.82, 2.24) is 15.3 Å². The van der Waals surface area contributed by atoms with E-state index in [9.17, 15) is 0 Å². The number of likely N-dealkylation sites (N-methyl/N-ethyl adjacent to an activating group) is 1. The summed E-state index contributed by atoms with van der Waals surface area (Å²) in [4.78, 5) is 11.6. The van der Waals surface area contributed by atoms with Crippen LogP contribution in [0.2, 0.25) is 0 Å². The molecule has 0 spiro atoms. The molecule has 0 amide bonds. The van der Waals surface area contributed by atoms with Gasteiger partial charge in [-0.2, -0.15) is 0 Å². The Morgan fingerprint density at radius 2 is 2.00 bits per heavy atom. The number of nitrogens with zero attached hydrogens (tertiary/aromatic N) is 3. The Labute approximate surface area is 113 Å². The minimum absolute atomic E-state index is 0.488. The zero-order valence-corrected chi connectivity index (χ0v) is 11.3. The van der Waals surface area contributed by atoms with Gasteiger partial charge in [-0.1, -0.05) is 12.1 Å². The van der Waals surface area contributed by atoms with Crippen LogP contribution < -0.4 is 15.5 Å². The summed E-state index contributed by atoms with van der Waals surface area (Å²) in [6.45, 7) is 2.08. The topological polar surface area (TPSA) is 53.1 Å². The van der Waals surface area contributed by atoms with E-state index in [0.717, 1.165) is 42.2 Å². The predicted octanol–water partition coefficient (Wildman–Crippen LogP) is 1.47. The van der Waals surface area contributed by atoms with E-state index < -0.39 is 0 Å². The molecule has 100 valence electrons. The minimum Gasteiger partial charge on any atom is -0.370 e. The van der Waals surface area contributed by atoms with Crippen LogP contribution >= 0.6 is 0 Å².